The van der Waals surface area contributed by atoms with E-state index in [9.17, 15) is 19.5 Å². The lowest BCUT2D eigenvalue weighted by molar-refractivity contribution is 0.103. The van der Waals surface area contributed by atoms with Crippen LogP contribution >= 0.6 is 24.0 Å². The minimum atomic E-state index is -0.878. The van der Waals surface area contributed by atoms with Gasteiger partial charge in [0, 0.05) is 29.2 Å². The van der Waals surface area contributed by atoms with Crippen LogP contribution in [-0.4, -0.2) is 19.9 Å². The molecule has 4 aromatic rings. The highest BCUT2D eigenvalue weighted by Gasteiger charge is 2.20. The third-order valence-electron chi connectivity index (χ3n) is 4.60. The second-order valence-electron chi connectivity index (χ2n) is 6.53. The molecule has 2 aromatic carbocycles. The maximum absolute atomic E-state index is 12.9. The molecule has 0 aliphatic heterocycles. The van der Waals surface area contributed by atoms with E-state index in [1.165, 1.54) is 27.6 Å². The third-order valence-corrected chi connectivity index (χ3v) is 4.84. The number of nitrogens with zero attached hydrogens (tertiary/aromatic N) is 2. The van der Waals surface area contributed by atoms with Crippen molar-refractivity contribution in [2.75, 3.05) is 0 Å². The molecule has 4 rings (SSSR count). The minimum absolute atomic E-state index is 0. The molecule has 0 fully saturated rings. The summed E-state index contributed by atoms with van der Waals surface area (Å²) in [4.78, 5) is 38.1. The smallest absolute Gasteiger partial charge is 0.279 e. The maximum Gasteiger partial charge on any atom is 0.279 e. The monoisotopic (exact) mass is 442 g/mol. The van der Waals surface area contributed by atoms with Gasteiger partial charge in [0.2, 0.25) is 5.43 Å². The molecule has 0 spiro atoms. The highest BCUT2D eigenvalue weighted by Crippen LogP contribution is 2.15. The Balaban J connectivity index is 0.00000256. The van der Waals surface area contributed by atoms with Crippen LogP contribution in [0.2, 0.25) is 5.02 Å². The van der Waals surface area contributed by atoms with Crippen molar-refractivity contribution in [3.8, 4) is 5.75 Å². The molecular weight excluding hydrogens is 427 g/mol. The van der Waals surface area contributed by atoms with E-state index in [0.717, 1.165) is 5.56 Å². The van der Waals surface area contributed by atoms with Gasteiger partial charge in [-0.15, -0.1) is 12.4 Å². The molecule has 0 saturated carbocycles. The number of aromatic nitrogens is 2. The normalized spacial score (nSPS) is 10.6. The molecule has 0 saturated heterocycles. The topological polar surface area (TPSA) is 80.8 Å². The van der Waals surface area contributed by atoms with Crippen molar-refractivity contribution in [1.29, 1.82) is 0 Å². The number of carbonyl (C=O) groups excluding carboxylic acids is 1. The number of carbonyl (C=O) groups is 1. The zero-order valence-electron chi connectivity index (χ0n) is 15.5. The van der Waals surface area contributed by atoms with E-state index in [1.807, 2.05) is 6.07 Å². The van der Waals surface area contributed by atoms with Crippen LogP contribution < -0.4 is 11.0 Å². The molecule has 0 atom stereocenters. The fraction of sp³-hybridized carbons (Fsp3) is 0.0455. The van der Waals surface area contributed by atoms with E-state index in [-0.39, 0.29) is 30.0 Å². The van der Waals surface area contributed by atoms with E-state index in [4.69, 9.17) is 11.6 Å². The van der Waals surface area contributed by atoms with Crippen LogP contribution in [0.4, 0.5) is 0 Å². The lowest BCUT2D eigenvalue weighted by atomic mass is 10.0. The van der Waals surface area contributed by atoms with Gasteiger partial charge < -0.3 is 14.1 Å². The molecule has 6 nitrogen and oxygen atoms in total. The molecule has 0 radical (unpaired) electrons. The Morgan fingerprint density at radius 2 is 1.73 bits per heavy atom. The molecule has 8 heteroatoms. The van der Waals surface area contributed by atoms with Gasteiger partial charge in [-0.1, -0.05) is 54.1 Å². The summed E-state index contributed by atoms with van der Waals surface area (Å²) in [5.41, 5.74) is -0.723. The number of hydrogen-bond donors (Lipinski definition) is 1. The van der Waals surface area contributed by atoms with Crippen molar-refractivity contribution in [2.24, 2.45) is 0 Å². The Morgan fingerprint density at radius 3 is 2.43 bits per heavy atom. The SMILES string of the molecule is Cl.O=C(c1ccccc1)c1cn2ccn(Cc3cccc(Cl)c3)c(=O)c2c(O)c1=O. The largest absolute Gasteiger partial charge is 0.503 e. The predicted octanol–water partition coefficient (Wildman–Crippen LogP) is 3.52. The molecule has 30 heavy (non-hydrogen) atoms. The summed E-state index contributed by atoms with van der Waals surface area (Å²) in [5.74, 6) is -1.28. The van der Waals surface area contributed by atoms with Crippen molar-refractivity contribution >= 4 is 35.3 Å². The summed E-state index contributed by atoms with van der Waals surface area (Å²) in [6.07, 6.45) is 4.32. The van der Waals surface area contributed by atoms with Crippen molar-refractivity contribution in [1.82, 2.24) is 8.97 Å². The Labute approximate surface area is 182 Å². The highest BCUT2D eigenvalue weighted by atomic mass is 35.5. The summed E-state index contributed by atoms with van der Waals surface area (Å²) < 4.78 is 2.66. The zero-order chi connectivity index (χ0) is 20.5. The van der Waals surface area contributed by atoms with Crippen molar-refractivity contribution in [3.05, 3.63) is 115 Å². The quantitative estimate of drug-likeness (QED) is 0.490. The summed E-state index contributed by atoms with van der Waals surface area (Å²) >= 11 is 5.98. The standard InChI is InChI=1S/C22H15ClN2O4.ClH/c23-16-8-4-5-14(11-16)12-25-10-9-24-13-17(19(26)15-6-2-1-3-7-15)20(27)21(28)18(24)22(25)29;/h1-11,13,28H,12H2;1H. The highest BCUT2D eigenvalue weighted by molar-refractivity contribution is 6.30. The third kappa shape index (κ3) is 3.87. The number of benzene rings is 2. The van der Waals surface area contributed by atoms with Gasteiger partial charge in [-0.2, -0.15) is 0 Å². The predicted molar refractivity (Wildman–Crippen MR) is 117 cm³/mol. The number of aromatic hydroxyl groups is 1. The first-order valence-electron chi connectivity index (χ1n) is 8.77. The second kappa shape index (κ2) is 8.57. The average Bonchev–Trinajstić information content (AvgIpc) is 2.72. The molecule has 0 aliphatic rings. The fourth-order valence-electron chi connectivity index (χ4n) is 3.17. The Kier molecular flexibility index (Phi) is 6.10. The average molecular weight is 443 g/mol. The summed E-state index contributed by atoms with van der Waals surface area (Å²) in [5, 5.41) is 11.0. The van der Waals surface area contributed by atoms with Gasteiger partial charge in [-0.05, 0) is 17.7 Å². The Bertz CT molecular complexity index is 1360. The molecule has 0 aliphatic carbocycles. The zero-order valence-corrected chi connectivity index (χ0v) is 17.1. The van der Waals surface area contributed by atoms with Gasteiger partial charge in [0.15, 0.2) is 17.0 Å². The van der Waals surface area contributed by atoms with Gasteiger partial charge in [0.1, 0.15) is 0 Å². The van der Waals surface area contributed by atoms with E-state index >= 15 is 0 Å². The molecule has 1 N–H and O–H groups in total. The van der Waals surface area contributed by atoms with Crippen molar-refractivity contribution < 1.29 is 9.90 Å². The van der Waals surface area contributed by atoms with Gasteiger partial charge in [-0.25, -0.2) is 0 Å². The minimum Gasteiger partial charge on any atom is -0.503 e. The second-order valence-corrected chi connectivity index (χ2v) is 6.97. The summed E-state index contributed by atoms with van der Waals surface area (Å²) in [6.45, 7) is 0.216. The van der Waals surface area contributed by atoms with Gasteiger partial charge >= 0.3 is 0 Å². The molecule has 2 aromatic heterocycles. The number of fused-ring (bicyclic) bond motifs is 1. The molecule has 0 amide bonds. The van der Waals surface area contributed by atoms with Crippen LogP contribution in [0, 0.1) is 0 Å². The Morgan fingerprint density at radius 1 is 1.00 bits per heavy atom. The number of hydrogen-bond acceptors (Lipinski definition) is 4. The van der Waals surface area contributed by atoms with Crippen LogP contribution in [-0.2, 0) is 6.54 Å². The van der Waals surface area contributed by atoms with Crippen molar-refractivity contribution in [2.45, 2.75) is 6.54 Å². The van der Waals surface area contributed by atoms with Gasteiger partial charge in [0.05, 0.1) is 12.1 Å². The molecule has 0 bridgehead atoms. The van der Waals surface area contributed by atoms with E-state index < -0.39 is 22.5 Å². The number of ketones is 1. The molecular formula is C22H16Cl2N2O4. The number of rotatable bonds is 4. The lowest BCUT2D eigenvalue weighted by Crippen LogP contribution is -2.26. The number of halogens is 2. The first-order chi connectivity index (χ1) is 14.0. The maximum atomic E-state index is 12.9. The van der Waals surface area contributed by atoms with Gasteiger partial charge in [0.25, 0.3) is 5.56 Å². The van der Waals surface area contributed by atoms with Crippen molar-refractivity contribution in [3.63, 3.8) is 0 Å². The van der Waals surface area contributed by atoms with Crippen LogP contribution in [0.5, 0.6) is 5.75 Å². The molecule has 152 valence electrons. The first-order valence-corrected chi connectivity index (χ1v) is 9.15. The summed E-state index contributed by atoms with van der Waals surface area (Å²) in [6, 6.07) is 15.3. The lowest BCUT2D eigenvalue weighted by Gasteiger charge is -2.11. The Hall–Kier alpha value is -3.35. The van der Waals surface area contributed by atoms with E-state index in [1.54, 1.807) is 48.5 Å². The number of pyridine rings is 1. The van der Waals surface area contributed by atoms with E-state index in [2.05, 4.69) is 0 Å². The van der Waals surface area contributed by atoms with Crippen LogP contribution in [0.25, 0.3) is 5.52 Å². The van der Waals surface area contributed by atoms with Crippen LogP contribution in [0.3, 0.4) is 0 Å². The van der Waals surface area contributed by atoms with Crippen LogP contribution in [0.1, 0.15) is 21.5 Å². The van der Waals surface area contributed by atoms with Gasteiger partial charge in [-0.3, -0.25) is 14.4 Å². The molecule has 2 heterocycles. The summed E-state index contributed by atoms with van der Waals surface area (Å²) in [7, 11) is 0. The molecule has 0 unspecified atom stereocenters. The van der Waals surface area contributed by atoms with Crippen LogP contribution in [0.15, 0.2) is 82.8 Å². The first kappa shape index (κ1) is 21.4. The fourth-order valence-corrected chi connectivity index (χ4v) is 3.38. The van der Waals surface area contributed by atoms with E-state index in [0.29, 0.717) is 10.6 Å².